The normalized spacial score (nSPS) is 21.0. The summed E-state index contributed by atoms with van der Waals surface area (Å²) in [6.45, 7) is 0. The van der Waals surface area contributed by atoms with Crippen LogP contribution in [0.1, 0.15) is 29.6 Å². The highest BCUT2D eigenvalue weighted by molar-refractivity contribution is 7.99. The van der Waals surface area contributed by atoms with Gasteiger partial charge >= 0.3 is 0 Å². The number of nitro benzene ring substituents is 1. The number of hydrogen-bond donors (Lipinski definition) is 2. The summed E-state index contributed by atoms with van der Waals surface area (Å²) in [5.74, 6) is -0.256. The molecule has 0 aromatic heterocycles. The highest BCUT2D eigenvalue weighted by atomic mass is 32.2. The summed E-state index contributed by atoms with van der Waals surface area (Å²) in [6.07, 6.45) is 5.20. The Morgan fingerprint density at radius 2 is 2.19 bits per heavy atom. The summed E-state index contributed by atoms with van der Waals surface area (Å²) in [6, 6.07) is 4.67. The Kier molecular flexibility index (Phi) is 5.06. The van der Waals surface area contributed by atoms with Gasteiger partial charge in [0.1, 0.15) is 5.69 Å². The summed E-state index contributed by atoms with van der Waals surface area (Å²) in [4.78, 5) is 23.0. The molecule has 1 aromatic rings. The zero-order valence-corrected chi connectivity index (χ0v) is 12.9. The SMILES string of the molecule is CNc1c(C(=O)NC2CCCC2SC)cccc1[N+](=O)[O-]. The fraction of sp³-hybridized carbons (Fsp3) is 0.500. The molecular weight excluding hydrogens is 290 g/mol. The third-order valence-corrected chi connectivity index (χ3v) is 4.98. The number of nitro groups is 1. The van der Waals surface area contributed by atoms with E-state index in [1.807, 2.05) is 6.26 Å². The molecular formula is C14H19N3O3S. The molecule has 21 heavy (non-hydrogen) atoms. The van der Waals surface area contributed by atoms with Gasteiger partial charge in [-0.3, -0.25) is 14.9 Å². The van der Waals surface area contributed by atoms with Gasteiger partial charge in [-0.15, -0.1) is 0 Å². The Morgan fingerprint density at radius 3 is 2.81 bits per heavy atom. The molecule has 0 saturated heterocycles. The number of hydrogen-bond acceptors (Lipinski definition) is 5. The first-order chi connectivity index (χ1) is 10.1. The van der Waals surface area contributed by atoms with E-state index in [0.29, 0.717) is 10.8 Å². The van der Waals surface area contributed by atoms with Gasteiger partial charge in [0.15, 0.2) is 0 Å². The minimum atomic E-state index is -0.483. The summed E-state index contributed by atoms with van der Waals surface area (Å²) < 4.78 is 0. The largest absolute Gasteiger partial charge is 0.382 e. The van der Waals surface area contributed by atoms with E-state index in [9.17, 15) is 14.9 Å². The fourth-order valence-electron chi connectivity index (χ4n) is 2.76. The van der Waals surface area contributed by atoms with Gasteiger partial charge in [-0.05, 0) is 25.2 Å². The Labute approximate surface area is 127 Å². The molecule has 0 bridgehead atoms. The van der Waals surface area contributed by atoms with Crippen LogP contribution in [0, 0.1) is 10.1 Å². The molecule has 1 amide bonds. The van der Waals surface area contributed by atoms with Gasteiger partial charge in [0.25, 0.3) is 11.6 Å². The number of carbonyl (C=O) groups is 1. The number of rotatable bonds is 5. The summed E-state index contributed by atoms with van der Waals surface area (Å²) >= 11 is 1.76. The van der Waals surface area contributed by atoms with E-state index in [1.165, 1.54) is 12.1 Å². The maximum atomic E-state index is 12.4. The van der Waals surface area contributed by atoms with E-state index < -0.39 is 4.92 Å². The first-order valence-corrected chi connectivity index (χ1v) is 8.16. The summed E-state index contributed by atoms with van der Waals surface area (Å²) in [5.41, 5.74) is 0.495. The van der Waals surface area contributed by atoms with Crippen molar-refractivity contribution in [3.63, 3.8) is 0 Å². The predicted molar refractivity (Wildman–Crippen MR) is 85.1 cm³/mol. The van der Waals surface area contributed by atoms with Crippen LogP contribution in [0.25, 0.3) is 0 Å². The van der Waals surface area contributed by atoms with Gasteiger partial charge in [0.2, 0.25) is 0 Å². The van der Waals surface area contributed by atoms with Crippen molar-refractivity contribution in [3.05, 3.63) is 33.9 Å². The molecule has 2 N–H and O–H groups in total. The molecule has 1 saturated carbocycles. The van der Waals surface area contributed by atoms with Gasteiger partial charge < -0.3 is 10.6 Å². The zero-order chi connectivity index (χ0) is 15.4. The van der Waals surface area contributed by atoms with Crippen LogP contribution in [-0.4, -0.2) is 35.4 Å². The number of para-hydroxylation sites is 1. The first kappa shape index (κ1) is 15.6. The van der Waals surface area contributed by atoms with Gasteiger partial charge in [-0.1, -0.05) is 12.5 Å². The van der Waals surface area contributed by atoms with Gasteiger partial charge in [-0.2, -0.15) is 11.8 Å². The molecule has 2 unspecified atom stereocenters. The topological polar surface area (TPSA) is 84.3 Å². The lowest BCUT2D eigenvalue weighted by atomic mass is 10.1. The van der Waals surface area contributed by atoms with Crippen LogP contribution < -0.4 is 10.6 Å². The van der Waals surface area contributed by atoms with Crippen molar-refractivity contribution in [1.82, 2.24) is 5.32 Å². The average Bonchev–Trinajstić information content (AvgIpc) is 2.93. The van der Waals surface area contributed by atoms with Crippen molar-refractivity contribution in [3.8, 4) is 0 Å². The summed E-state index contributed by atoms with van der Waals surface area (Å²) in [5, 5.41) is 17.2. The van der Waals surface area contributed by atoms with Crippen LogP contribution in [0.5, 0.6) is 0 Å². The molecule has 0 spiro atoms. The Balaban J connectivity index is 2.23. The number of thioether (sulfide) groups is 1. The minimum Gasteiger partial charge on any atom is -0.382 e. The van der Waals surface area contributed by atoms with E-state index >= 15 is 0 Å². The Hall–Kier alpha value is -1.76. The molecule has 114 valence electrons. The van der Waals surface area contributed by atoms with Crippen LogP contribution in [0.4, 0.5) is 11.4 Å². The third-order valence-electron chi connectivity index (χ3n) is 3.81. The highest BCUT2D eigenvalue weighted by Crippen LogP contribution is 2.30. The minimum absolute atomic E-state index is 0.0852. The van der Waals surface area contributed by atoms with Crippen molar-refractivity contribution >= 4 is 29.0 Å². The molecule has 0 radical (unpaired) electrons. The second kappa shape index (κ2) is 6.80. The van der Waals surface area contributed by atoms with Crippen LogP contribution in [0.3, 0.4) is 0 Å². The number of nitrogens with zero attached hydrogens (tertiary/aromatic N) is 1. The van der Waals surface area contributed by atoms with E-state index in [1.54, 1.807) is 24.9 Å². The van der Waals surface area contributed by atoms with Crippen LogP contribution in [-0.2, 0) is 0 Å². The van der Waals surface area contributed by atoms with Crippen molar-refractivity contribution in [2.45, 2.75) is 30.6 Å². The van der Waals surface area contributed by atoms with Crippen molar-refractivity contribution in [2.24, 2.45) is 0 Å². The number of nitrogens with one attached hydrogen (secondary N) is 2. The fourth-order valence-corrected chi connectivity index (χ4v) is 3.70. The molecule has 0 heterocycles. The molecule has 2 rings (SSSR count). The molecule has 1 aliphatic rings. The second-order valence-corrected chi connectivity index (χ2v) is 6.07. The van der Waals surface area contributed by atoms with Crippen molar-refractivity contribution < 1.29 is 9.72 Å². The monoisotopic (exact) mass is 309 g/mol. The molecule has 1 aliphatic carbocycles. The summed E-state index contributed by atoms with van der Waals surface area (Å²) in [7, 11) is 1.58. The van der Waals surface area contributed by atoms with Crippen LogP contribution >= 0.6 is 11.8 Å². The smallest absolute Gasteiger partial charge is 0.293 e. The van der Waals surface area contributed by atoms with Gasteiger partial charge in [0, 0.05) is 24.4 Å². The standard InChI is InChI=1S/C14H19N3O3S/c1-15-13-9(5-3-7-11(13)17(19)20)14(18)16-10-6-4-8-12(10)21-2/h3,5,7,10,12,15H,4,6,8H2,1-2H3,(H,16,18). The Morgan fingerprint density at radius 1 is 1.43 bits per heavy atom. The number of carbonyl (C=O) groups excluding carboxylic acids is 1. The lowest BCUT2D eigenvalue weighted by Crippen LogP contribution is -2.38. The Bertz CT molecular complexity index is 550. The van der Waals surface area contributed by atoms with Crippen molar-refractivity contribution in [2.75, 3.05) is 18.6 Å². The van der Waals surface area contributed by atoms with Gasteiger partial charge in [-0.25, -0.2) is 0 Å². The average molecular weight is 309 g/mol. The number of amides is 1. The number of benzene rings is 1. The quantitative estimate of drug-likeness (QED) is 0.645. The molecule has 1 fully saturated rings. The van der Waals surface area contributed by atoms with E-state index in [4.69, 9.17) is 0 Å². The van der Waals surface area contributed by atoms with Crippen LogP contribution in [0.15, 0.2) is 18.2 Å². The maximum Gasteiger partial charge on any atom is 0.293 e. The lowest BCUT2D eigenvalue weighted by Gasteiger charge is -2.20. The van der Waals surface area contributed by atoms with E-state index in [2.05, 4.69) is 10.6 Å². The maximum absolute atomic E-state index is 12.4. The second-order valence-electron chi connectivity index (χ2n) is 4.99. The predicted octanol–water partition coefficient (Wildman–Crippen LogP) is 2.65. The first-order valence-electron chi connectivity index (χ1n) is 6.87. The third kappa shape index (κ3) is 3.29. The molecule has 0 aliphatic heterocycles. The zero-order valence-electron chi connectivity index (χ0n) is 12.1. The van der Waals surface area contributed by atoms with Gasteiger partial charge in [0.05, 0.1) is 10.5 Å². The van der Waals surface area contributed by atoms with Crippen LogP contribution in [0.2, 0.25) is 0 Å². The van der Waals surface area contributed by atoms with E-state index in [0.717, 1.165) is 19.3 Å². The van der Waals surface area contributed by atoms with Crippen molar-refractivity contribution in [1.29, 1.82) is 0 Å². The lowest BCUT2D eigenvalue weighted by molar-refractivity contribution is -0.384. The van der Waals surface area contributed by atoms with E-state index in [-0.39, 0.29) is 23.3 Å². The molecule has 7 heteroatoms. The highest BCUT2D eigenvalue weighted by Gasteiger charge is 2.29. The number of anilines is 1. The molecule has 1 aromatic carbocycles. The molecule has 2 atom stereocenters. The molecule has 6 nitrogen and oxygen atoms in total.